The first-order valence-corrected chi connectivity index (χ1v) is 25.9. The Kier molecular flexibility index (Phi) is 7.96. The van der Waals surface area contributed by atoms with Crippen LogP contribution in [0.3, 0.4) is 0 Å². The molecule has 0 N–H and O–H groups in total. The summed E-state index contributed by atoms with van der Waals surface area (Å²) in [4.78, 5) is 8.74. The van der Waals surface area contributed by atoms with E-state index in [0.29, 0.717) is 0 Å². The van der Waals surface area contributed by atoms with Crippen molar-refractivity contribution in [1.82, 2.24) is 0 Å². The van der Waals surface area contributed by atoms with Crippen molar-refractivity contribution in [1.29, 1.82) is 0 Å². The Bertz CT molecular complexity index is 720. The fourth-order valence-electron chi connectivity index (χ4n) is 3.47. The van der Waals surface area contributed by atoms with Crippen molar-refractivity contribution >= 4 is 38.4 Å². The van der Waals surface area contributed by atoms with Gasteiger partial charge in [-0.05, 0) is 0 Å². The molecule has 0 unspecified atom stereocenters. The van der Waals surface area contributed by atoms with Crippen molar-refractivity contribution in [2.24, 2.45) is 0 Å². The van der Waals surface area contributed by atoms with E-state index in [2.05, 4.69) is 83.9 Å². The Morgan fingerprint density at radius 3 is 1.37 bits per heavy atom. The molecule has 0 amide bonds. The molecular formula is C22H34O3Sn2. The first-order valence-electron chi connectivity index (χ1n) is 9.83. The molecule has 2 rings (SSSR count). The number of hydrogen-bond acceptors (Lipinski definition) is 3. The van der Waals surface area contributed by atoms with E-state index in [1.54, 1.807) is 0 Å². The van der Waals surface area contributed by atoms with Crippen LogP contribution in [0.1, 0.15) is 36.1 Å². The normalized spacial score (nSPS) is 12.1. The van der Waals surface area contributed by atoms with Crippen LogP contribution in [0.25, 0.3) is 0 Å². The number of benzene rings is 2. The van der Waals surface area contributed by atoms with Gasteiger partial charge in [0.2, 0.25) is 0 Å². The summed E-state index contributed by atoms with van der Waals surface area (Å²) in [5.41, 5.74) is 5.13. The molecule has 2 aromatic carbocycles. The molecule has 27 heavy (non-hydrogen) atoms. The quantitative estimate of drug-likeness (QED) is 0.341. The zero-order valence-corrected chi connectivity index (χ0v) is 23.8. The van der Waals surface area contributed by atoms with Gasteiger partial charge in [0.1, 0.15) is 0 Å². The van der Waals surface area contributed by atoms with Crippen LogP contribution in [-0.2, 0) is 14.3 Å². The molecule has 0 atom stereocenters. The molecule has 0 saturated carbocycles. The third kappa shape index (κ3) is 6.29. The van der Waals surface area contributed by atoms with Crippen LogP contribution in [0.2, 0.25) is 19.8 Å². The molecule has 0 radical (unpaired) electrons. The number of rotatable bonds is 8. The molecule has 0 aromatic heterocycles. The SMILES string of the molecule is CCc1cccc([O][Sn]([CH3])([CH3])[O][Sn]([CH3])([CH3])[O]c2cccc(CC)c2C)c1C. The maximum atomic E-state index is 6.67. The van der Waals surface area contributed by atoms with Crippen molar-refractivity contribution < 1.29 is 7.56 Å². The van der Waals surface area contributed by atoms with Crippen LogP contribution in [0.4, 0.5) is 0 Å². The summed E-state index contributed by atoms with van der Waals surface area (Å²) >= 11 is -6.41. The monoisotopic (exact) mass is 586 g/mol. The van der Waals surface area contributed by atoms with Crippen LogP contribution in [0.5, 0.6) is 11.5 Å². The summed E-state index contributed by atoms with van der Waals surface area (Å²) in [6.07, 6.45) is 2.03. The predicted molar refractivity (Wildman–Crippen MR) is 118 cm³/mol. The van der Waals surface area contributed by atoms with E-state index in [9.17, 15) is 0 Å². The fourth-order valence-corrected chi connectivity index (χ4v) is 35.6. The third-order valence-electron chi connectivity index (χ3n) is 4.76. The van der Waals surface area contributed by atoms with E-state index < -0.39 is 38.4 Å². The Morgan fingerprint density at radius 2 is 1.04 bits per heavy atom. The molecule has 148 valence electrons. The van der Waals surface area contributed by atoms with Gasteiger partial charge >= 0.3 is 176 Å². The molecule has 3 nitrogen and oxygen atoms in total. The van der Waals surface area contributed by atoms with Crippen molar-refractivity contribution in [2.75, 3.05) is 0 Å². The average molecular weight is 584 g/mol. The molecule has 0 bridgehead atoms. The van der Waals surface area contributed by atoms with E-state index in [1.165, 1.54) is 22.3 Å². The summed E-state index contributed by atoms with van der Waals surface area (Å²) in [6.45, 7) is 8.63. The van der Waals surface area contributed by atoms with Crippen LogP contribution in [-0.4, -0.2) is 38.4 Å². The van der Waals surface area contributed by atoms with Gasteiger partial charge in [-0.25, -0.2) is 0 Å². The van der Waals surface area contributed by atoms with Crippen LogP contribution >= 0.6 is 0 Å². The fraction of sp³-hybridized carbons (Fsp3) is 0.455. The van der Waals surface area contributed by atoms with Gasteiger partial charge in [-0.15, -0.1) is 0 Å². The van der Waals surface area contributed by atoms with Gasteiger partial charge in [0, 0.05) is 0 Å². The van der Waals surface area contributed by atoms with E-state index >= 15 is 0 Å². The van der Waals surface area contributed by atoms with Gasteiger partial charge in [-0.1, -0.05) is 0 Å². The molecule has 5 heteroatoms. The molecule has 0 fully saturated rings. The summed E-state index contributed by atoms with van der Waals surface area (Å²) < 4.78 is 19.6. The molecule has 0 aliphatic carbocycles. The summed E-state index contributed by atoms with van der Waals surface area (Å²) in [5, 5.41) is 0. The molecule has 0 saturated heterocycles. The Hall–Kier alpha value is -0.403. The Morgan fingerprint density at radius 1 is 0.667 bits per heavy atom. The molecular weight excluding hydrogens is 550 g/mol. The van der Waals surface area contributed by atoms with Crippen LogP contribution < -0.4 is 6.15 Å². The Balaban J connectivity index is 2.16. The number of aryl methyl sites for hydroxylation is 2. The van der Waals surface area contributed by atoms with Crippen LogP contribution in [0, 0.1) is 13.8 Å². The van der Waals surface area contributed by atoms with Gasteiger partial charge in [-0.3, -0.25) is 0 Å². The summed E-state index contributed by atoms with van der Waals surface area (Å²) in [5.74, 6) is 1.95. The van der Waals surface area contributed by atoms with Gasteiger partial charge in [0.05, 0.1) is 0 Å². The van der Waals surface area contributed by atoms with Gasteiger partial charge < -0.3 is 0 Å². The summed E-state index contributed by atoms with van der Waals surface area (Å²) in [7, 11) is 0. The van der Waals surface area contributed by atoms with Crippen molar-refractivity contribution in [3.8, 4) is 11.5 Å². The van der Waals surface area contributed by atoms with Gasteiger partial charge in [0.25, 0.3) is 0 Å². The molecule has 0 heterocycles. The standard InChI is InChI=1S/2C9H12O.4CH3.O.2Sn/c2*1-3-8-5-4-6-9(10)7(8)2;;;;;;;/h2*4-6,10H,3H2,1-2H3;4*1H3;;;/q;;;;;;;2*+1/p-2. The van der Waals surface area contributed by atoms with E-state index in [4.69, 9.17) is 7.56 Å². The predicted octanol–water partition coefficient (Wildman–Crippen LogP) is 6.31. The second kappa shape index (κ2) is 9.40. The number of hydrogen-bond donors (Lipinski definition) is 0. The van der Waals surface area contributed by atoms with E-state index in [0.717, 1.165) is 24.3 Å². The third-order valence-corrected chi connectivity index (χ3v) is 30.4. The Labute approximate surface area is 175 Å². The van der Waals surface area contributed by atoms with Crippen LogP contribution in [0.15, 0.2) is 36.4 Å². The maximum absolute atomic E-state index is 6.67. The van der Waals surface area contributed by atoms with E-state index in [1.807, 2.05) is 0 Å². The molecule has 0 spiro atoms. The summed E-state index contributed by atoms with van der Waals surface area (Å²) in [6, 6.07) is 12.6. The topological polar surface area (TPSA) is 27.7 Å². The van der Waals surface area contributed by atoms with Crippen molar-refractivity contribution in [3.63, 3.8) is 0 Å². The first-order chi connectivity index (χ1) is 12.6. The minimum atomic E-state index is -3.21. The molecule has 2 aromatic rings. The van der Waals surface area contributed by atoms with E-state index in [-0.39, 0.29) is 0 Å². The van der Waals surface area contributed by atoms with Gasteiger partial charge in [-0.2, -0.15) is 0 Å². The zero-order valence-electron chi connectivity index (χ0n) is 18.1. The second-order valence-corrected chi connectivity index (χ2v) is 29.5. The first kappa shape index (κ1) is 22.9. The molecule has 0 aliphatic heterocycles. The zero-order chi connectivity index (χ0) is 20.2. The second-order valence-electron chi connectivity index (χ2n) is 7.89. The van der Waals surface area contributed by atoms with Crippen molar-refractivity contribution in [3.05, 3.63) is 58.7 Å². The van der Waals surface area contributed by atoms with Gasteiger partial charge in [0.15, 0.2) is 0 Å². The molecule has 0 aliphatic rings. The van der Waals surface area contributed by atoms with Crippen molar-refractivity contribution in [2.45, 2.75) is 60.3 Å². The minimum absolute atomic E-state index is 0.974. The average Bonchev–Trinajstić information content (AvgIpc) is 2.57.